The SMILES string of the molecule is Cc1cc(Br)ccc1SCC(=O)NCC1CCC(O)C1. The van der Waals surface area contributed by atoms with E-state index in [9.17, 15) is 9.90 Å². The van der Waals surface area contributed by atoms with Crippen LogP contribution in [0.3, 0.4) is 0 Å². The highest BCUT2D eigenvalue weighted by molar-refractivity contribution is 9.10. The van der Waals surface area contributed by atoms with Crippen molar-refractivity contribution < 1.29 is 9.90 Å². The second-order valence-corrected chi connectivity index (χ2v) is 7.27. The number of carbonyl (C=O) groups is 1. The standard InChI is InChI=1S/C15H20BrNO2S/c1-10-6-12(16)3-5-14(10)20-9-15(19)17-8-11-2-4-13(18)7-11/h3,5-6,11,13,18H,2,4,7-9H2,1H3,(H,17,19). The van der Waals surface area contributed by atoms with Gasteiger partial charge in [0.15, 0.2) is 0 Å². The molecule has 0 bridgehead atoms. The lowest BCUT2D eigenvalue weighted by atomic mass is 10.1. The number of halogens is 1. The Kier molecular flexibility index (Phi) is 5.93. The van der Waals surface area contributed by atoms with Gasteiger partial charge in [0.05, 0.1) is 11.9 Å². The van der Waals surface area contributed by atoms with E-state index in [-0.39, 0.29) is 12.0 Å². The molecule has 0 spiro atoms. The summed E-state index contributed by atoms with van der Waals surface area (Å²) in [5.41, 5.74) is 1.18. The zero-order chi connectivity index (χ0) is 14.5. The van der Waals surface area contributed by atoms with Gasteiger partial charge in [-0.2, -0.15) is 0 Å². The minimum absolute atomic E-state index is 0.0682. The summed E-state index contributed by atoms with van der Waals surface area (Å²) < 4.78 is 1.06. The highest BCUT2D eigenvalue weighted by atomic mass is 79.9. The van der Waals surface area contributed by atoms with E-state index in [0.29, 0.717) is 18.2 Å². The van der Waals surface area contributed by atoms with E-state index in [1.165, 1.54) is 5.56 Å². The summed E-state index contributed by atoms with van der Waals surface area (Å²) in [6.45, 7) is 2.74. The molecule has 1 fully saturated rings. The van der Waals surface area contributed by atoms with Gasteiger partial charge in [0.2, 0.25) is 5.91 Å². The van der Waals surface area contributed by atoms with Crippen LogP contribution in [0.2, 0.25) is 0 Å². The van der Waals surface area contributed by atoms with E-state index >= 15 is 0 Å². The molecule has 1 aromatic carbocycles. The third kappa shape index (κ3) is 4.79. The summed E-state index contributed by atoms with van der Waals surface area (Å²) in [6.07, 6.45) is 2.53. The lowest BCUT2D eigenvalue weighted by Gasteiger charge is -2.11. The van der Waals surface area contributed by atoms with Crippen LogP contribution in [-0.2, 0) is 4.79 Å². The van der Waals surface area contributed by atoms with Crippen LogP contribution in [0.1, 0.15) is 24.8 Å². The molecule has 0 aliphatic heterocycles. The zero-order valence-corrected chi connectivity index (χ0v) is 14.0. The predicted molar refractivity (Wildman–Crippen MR) is 86.0 cm³/mol. The molecule has 0 heterocycles. The first-order chi connectivity index (χ1) is 9.54. The van der Waals surface area contributed by atoms with Crippen molar-refractivity contribution in [2.24, 2.45) is 5.92 Å². The van der Waals surface area contributed by atoms with Gasteiger partial charge in [-0.15, -0.1) is 11.8 Å². The maximum absolute atomic E-state index is 11.8. The van der Waals surface area contributed by atoms with Gasteiger partial charge < -0.3 is 10.4 Å². The van der Waals surface area contributed by atoms with Gasteiger partial charge >= 0.3 is 0 Å². The Morgan fingerprint density at radius 2 is 2.30 bits per heavy atom. The van der Waals surface area contributed by atoms with Gasteiger partial charge in [0.25, 0.3) is 0 Å². The van der Waals surface area contributed by atoms with Crippen molar-refractivity contribution in [3.05, 3.63) is 28.2 Å². The van der Waals surface area contributed by atoms with Gasteiger partial charge in [0, 0.05) is 15.9 Å². The minimum Gasteiger partial charge on any atom is -0.393 e. The first-order valence-corrected chi connectivity index (χ1v) is 8.66. The fourth-order valence-electron chi connectivity index (χ4n) is 2.46. The smallest absolute Gasteiger partial charge is 0.230 e. The molecule has 5 heteroatoms. The lowest BCUT2D eigenvalue weighted by Crippen LogP contribution is -2.30. The molecule has 1 aliphatic carbocycles. The molecule has 1 amide bonds. The molecule has 1 aromatic rings. The monoisotopic (exact) mass is 357 g/mol. The minimum atomic E-state index is -0.170. The summed E-state index contributed by atoms with van der Waals surface area (Å²) in [7, 11) is 0. The molecular formula is C15H20BrNO2S. The number of carbonyl (C=O) groups excluding carboxylic acids is 1. The normalized spacial score (nSPS) is 21.9. The van der Waals surface area contributed by atoms with E-state index < -0.39 is 0 Å². The maximum atomic E-state index is 11.8. The van der Waals surface area contributed by atoms with Gasteiger partial charge in [-0.1, -0.05) is 15.9 Å². The highest BCUT2D eigenvalue weighted by Gasteiger charge is 2.22. The second kappa shape index (κ2) is 7.48. The fraction of sp³-hybridized carbons (Fsp3) is 0.533. The number of nitrogens with one attached hydrogen (secondary N) is 1. The zero-order valence-electron chi connectivity index (χ0n) is 11.6. The van der Waals surface area contributed by atoms with Crippen molar-refractivity contribution in [2.75, 3.05) is 12.3 Å². The van der Waals surface area contributed by atoms with E-state index in [0.717, 1.165) is 28.6 Å². The Balaban J connectivity index is 1.72. The van der Waals surface area contributed by atoms with Crippen LogP contribution in [0.5, 0.6) is 0 Å². The number of hydrogen-bond acceptors (Lipinski definition) is 3. The molecule has 3 nitrogen and oxygen atoms in total. The molecule has 2 unspecified atom stereocenters. The number of thioether (sulfide) groups is 1. The van der Waals surface area contributed by atoms with Crippen LogP contribution in [0, 0.1) is 12.8 Å². The van der Waals surface area contributed by atoms with Crippen LogP contribution in [-0.4, -0.2) is 29.4 Å². The first-order valence-electron chi connectivity index (χ1n) is 6.88. The molecule has 0 aromatic heterocycles. The third-order valence-electron chi connectivity index (χ3n) is 3.60. The van der Waals surface area contributed by atoms with Crippen LogP contribution in [0.4, 0.5) is 0 Å². The number of aliphatic hydroxyl groups excluding tert-OH is 1. The molecule has 0 saturated heterocycles. The number of hydrogen-bond donors (Lipinski definition) is 2. The predicted octanol–water partition coefficient (Wildman–Crippen LogP) is 3.13. The molecule has 20 heavy (non-hydrogen) atoms. The number of benzene rings is 1. The number of rotatable bonds is 5. The van der Waals surface area contributed by atoms with E-state index in [2.05, 4.69) is 27.3 Å². The number of aryl methyl sites for hydroxylation is 1. The summed E-state index contributed by atoms with van der Waals surface area (Å²) in [4.78, 5) is 13.0. The van der Waals surface area contributed by atoms with Crippen LogP contribution in [0.15, 0.2) is 27.6 Å². The molecule has 2 rings (SSSR count). The van der Waals surface area contributed by atoms with E-state index in [1.807, 2.05) is 19.1 Å². The molecule has 1 saturated carbocycles. The summed E-state index contributed by atoms with van der Waals surface area (Å²) in [5.74, 6) is 0.949. The summed E-state index contributed by atoms with van der Waals surface area (Å²) in [6, 6.07) is 6.08. The second-order valence-electron chi connectivity index (χ2n) is 5.34. The van der Waals surface area contributed by atoms with Crippen LogP contribution >= 0.6 is 27.7 Å². The Labute approximate surface area is 132 Å². The Bertz CT molecular complexity index is 481. The van der Waals surface area contributed by atoms with Gasteiger partial charge in [0.1, 0.15) is 0 Å². The largest absolute Gasteiger partial charge is 0.393 e. The number of amides is 1. The highest BCUT2D eigenvalue weighted by Crippen LogP contribution is 2.26. The van der Waals surface area contributed by atoms with E-state index in [4.69, 9.17) is 0 Å². The van der Waals surface area contributed by atoms with Gasteiger partial charge in [-0.3, -0.25) is 4.79 Å². The van der Waals surface area contributed by atoms with Crippen LogP contribution in [0.25, 0.3) is 0 Å². The van der Waals surface area contributed by atoms with E-state index in [1.54, 1.807) is 11.8 Å². The first kappa shape index (κ1) is 15.9. The van der Waals surface area contributed by atoms with Crippen molar-refractivity contribution >= 4 is 33.6 Å². The molecule has 2 atom stereocenters. The summed E-state index contributed by atoms with van der Waals surface area (Å²) in [5, 5.41) is 12.4. The van der Waals surface area contributed by atoms with Gasteiger partial charge in [-0.25, -0.2) is 0 Å². The van der Waals surface area contributed by atoms with Crippen molar-refractivity contribution in [2.45, 2.75) is 37.2 Å². The quantitative estimate of drug-likeness (QED) is 0.796. The Morgan fingerprint density at radius 3 is 2.95 bits per heavy atom. The maximum Gasteiger partial charge on any atom is 0.230 e. The topological polar surface area (TPSA) is 49.3 Å². The lowest BCUT2D eigenvalue weighted by molar-refractivity contribution is -0.118. The van der Waals surface area contributed by atoms with Crippen molar-refractivity contribution in [1.82, 2.24) is 5.32 Å². The third-order valence-corrected chi connectivity index (χ3v) is 5.27. The van der Waals surface area contributed by atoms with Crippen LogP contribution < -0.4 is 5.32 Å². The Hall–Kier alpha value is -0.520. The molecular weight excluding hydrogens is 338 g/mol. The molecule has 110 valence electrons. The molecule has 1 aliphatic rings. The van der Waals surface area contributed by atoms with Gasteiger partial charge in [-0.05, 0) is 55.9 Å². The average molecular weight is 358 g/mol. The number of aliphatic hydroxyl groups is 1. The summed E-state index contributed by atoms with van der Waals surface area (Å²) >= 11 is 5.00. The van der Waals surface area contributed by atoms with Crippen molar-refractivity contribution in [1.29, 1.82) is 0 Å². The molecule has 2 N–H and O–H groups in total. The average Bonchev–Trinajstić information content (AvgIpc) is 2.81. The fourth-order valence-corrected chi connectivity index (χ4v) is 3.78. The molecule has 0 radical (unpaired) electrons. The van der Waals surface area contributed by atoms with Crippen molar-refractivity contribution in [3.8, 4) is 0 Å². The van der Waals surface area contributed by atoms with Crippen molar-refractivity contribution in [3.63, 3.8) is 0 Å². The Morgan fingerprint density at radius 1 is 1.50 bits per heavy atom.